The second-order valence-corrected chi connectivity index (χ2v) is 5.45. The summed E-state index contributed by atoms with van der Waals surface area (Å²) in [6.45, 7) is 1.54. The molecule has 0 radical (unpaired) electrons. The molecule has 0 atom stereocenters. The van der Waals surface area contributed by atoms with Gasteiger partial charge < -0.3 is 9.64 Å². The van der Waals surface area contributed by atoms with E-state index in [4.69, 9.17) is 27.9 Å². The molecule has 0 N–H and O–H groups in total. The predicted octanol–water partition coefficient (Wildman–Crippen LogP) is 3.23. The number of carbonyl (C=O) groups is 2. The fourth-order valence-electron chi connectivity index (χ4n) is 1.73. The number of nitro groups is 1. The van der Waals surface area contributed by atoms with Gasteiger partial charge in [-0.3, -0.25) is 14.9 Å². The van der Waals surface area contributed by atoms with E-state index in [0.717, 1.165) is 6.20 Å². The van der Waals surface area contributed by atoms with Gasteiger partial charge in [0.1, 0.15) is 16.4 Å². The molecule has 0 saturated heterocycles. The molecule has 0 bridgehead atoms. The molecular weight excluding hydrogens is 366 g/mol. The van der Waals surface area contributed by atoms with Gasteiger partial charge in [-0.1, -0.05) is 23.2 Å². The number of rotatable bonds is 6. The van der Waals surface area contributed by atoms with E-state index in [1.165, 1.54) is 11.8 Å². The Kier molecular flexibility index (Phi) is 6.68. The third kappa shape index (κ3) is 4.21. The van der Waals surface area contributed by atoms with E-state index in [-0.39, 0.29) is 6.61 Å². The number of carbonyl (C=O) groups excluding carboxylic acids is 2. The molecule has 0 spiro atoms. The maximum atomic E-state index is 13.8. The molecule has 1 aromatic carbocycles. The molecule has 0 aliphatic heterocycles. The summed E-state index contributed by atoms with van der Waals surface area (Å²) >= 11 is 11.4. The molecule has 1 aromatic rings. The molecule has 24 heavy (non-hydrogen) atoms. The smallest absolute Gasteiger partial charge is 0.343 e. The quantitative estimate of drug-likeness (QED) is 0.110. The number of Topliss-reactive ketones (excluding diaryl/α,β-unsaturated/α-hetero) is 1. The van der Waals surface area contributed by atoms with Crippen molar-refractivity contribution in [3.8, 4) is 0 Å². The third-order valence-electron chi connectivity index (χ3n) is 2.69. The summed E-state index contributed by atoms with van der Waals surface area (Å²) in [6.07, 6.45) is 1.15. The summed E-state index contributed by atoms with van der Waals surface area (Å²) in [5.74, 6) is -3.19. The number of halogens is 3. The molecular formula is C14H13Cl2FN2O5. The molecule has 0 aromatic heterocycles. The van der Waals surface area contributed by atoms with E-state index >= 15 is 0 Å². The van der Waals surface area contributed by atoms with Gasteiger partial charge in [0.2, 0.25) is 5.78 Å². The van der Waals surface area contributed by atoms with Crippen molar-refractivity contribution < 1.29 is 23.6 Å². The Morgan fingerprint density at radius 1 is 1.38 bits per heavy atom. The first-order valence-corrected chi connectivity index (χ1v) is 7.29. The van der Waals surface area contributed by atoms with E-state index in [9.17, 15) is 24.1 Å². The summed E-state index contributed by atoms with van der Waals surface area (Å²) in [6, 6.07) is 0.642. The molecule has 1 rings (SSSR count). The number of ketones is 1. The van der Waals surface area contributed by atoms with Crippen LogP contribution in [0.15, 0.2) is 17.8 Å². The zero-order valence-electron chi connectivity index (χ0n) is 12.9. The second-order valence-electron chi connectivity index (χ2n) is 4.70. The van der Waals surface area contributed by atoms with Gasteiger partial charge in [0.05, 0.1) is 17.1 Å². The second kappa shape index (κ2) is 8.07. The predicted molar refractivity (Wildman–Crippen MR) is 85.8 cm³/mol. The molecule has 0 heterocycles. The van der Waals surface area contributed by atoms with Crippen LogP contribution in [0, 0.1) is 15.9 Å². The zero-order chi connectivity index (χ0) is 18.6. The zero-order valence-corrected chi connectivity index (χ0v) is 14.4. The molecule has 7 nitrogen and oxygen atoms in total. The molecule has 0 aliphatic carbocycles. The van der Waals surface area contributed by atoms with Crippen LogP contribution in [0.2, 0.25) is 10.0 Å². The fourth-order valence-corrected chi connectivity index (χ4v) is 2.30. The molecule has 0 aliphatic rings. The Bertz CT molecular complexity index is 734. The highest BCUT2D eigenvalue weighted by atomic mass is 35.5. The van der Waals surface area contributed by atoms with Crippen molar-refractivity contribution in [1.29, 1.82) is 0 Å². The van der Waals surface area contributed by atoms with Gasteiger partial charge in [-0.25, -0.2) is 9.18 Å². The van der Waals surface area contributed by atoms with Gasteiger partial charge >= 0.3 is 11.7 Å². The molecule has 130 valence electrons. The maximum Gasteiger partial charge on any atom is 0.343 e. The molecule has 0 unspecified atom stereocenters. The van der Waals surface area contributed by atoms with Crippen LogP contribution in [0.25, 0.3) is 0 Å². The van der Waals surface area contributed by atoms with E-state index in [1.54, 1.807) is 14.1 Å². The van der Waals surface area contributed by atoms with Crippen molar-refractivity contribution in [2.24, 2.45) is 0 Å². The third-order valence-corrected chi connectivity index (χ3v) is 3.43. The van der Waals surface area contributed by atoms with Crippen LogP contribution in [0.1, 0.15) is 17.3 Å². The van der Waals surface area contributed by atoms with Crippen molar-refractivity contribution in [1.82, 2.24) is 4.90 Å². The van der Waals surface area contributed by atoms with Gasteiger partial charge in [-0.05, 0) is 13.0 Å². The molecule has 10 heteroatoms. The van der Waals surface area contributed by atoms with Crippen molar-refractivity contribution in [2.45, 2.75) is 6.92 Å². The van der Waals surface area contributed by atoms with Crippen LogP contribution < -0.4 is 0 Å². The van der Waals surface area contributed by atoms with E-state index in [2.05, 4.69) is 0 Å². The monoisotopic (exact) mass is 378 g/mol. The number of ether oxygens (including phenoxy) is 1. The van der Waals surface area contributed by atoms with Crippen LogP contribution in [0.3, 0.4) is 0 Å². The lowest BCUT2D eigenvalue weighted by molar-refractivity contribution is -0.384. The number of esters is 1. The van der Waals surface area contributed by atoms with Crippen molar-refractivity contribution in [3.63, 3.8) is 0 Å². The number of nitrogens with zero attached hydrogens (tertiary/aromatic N) is 2. The van der Waals surface area contributed by atoms with Gasteiger partial charge in [-0.2, -0.15) is 0 Å². The number of hydrogen-bond acceptors (Lipinski definition) is 6. The lowest BCUT2D eigenvalue weighted by Crippen LogP contribution is -2.20. The summed E-state index contributed by atoms with van der Waals surface area (Å²) in [5, 5.41) is 9.51. The Balaban J connectivity index is 3.56. The highest BCUT2D eigenvalue weighted by molar-refractivity contribution is 6.42. The normalized spacial score (nSPS) is 11.2. The largest absolute Gasteiger partial charge is 0.462 e. The van der Waals surface area contributed by atoms with Crippen LogP contribution in [-0.4, -0.2) is 42.3 Å². The van der Waals surface area contributed by atoms with Crippen molar-refractivity contribution in [3.05, 3.63) is 49.4 Å². The van der Waals surface area contributed by atoms with Gasteiger partial charge in [-0.15, -0.1) is 0 Å². The maximum absolute atomic E-state index is 13.8. The van der Waals surface area contributed by atoms with Gasteiger partial charge in [0.25, 0.3) is 0 Å². The minimum atomic E-state index is -1.20. The average Bonchev–Trinajstić information content (AvgIpc) is 2.47. The first-order valence-electron chi connectivity index (χ1n) is 6.53. The Hall–Kier alpha value is -2.19. The summed E-state index contributed by atoms with van der Waals surface area (Å²) in [7, 11) is 3.08. The lowest BCUT2D eigenvalue weighted by Gasteiger charge is -2.12. The molecule has 0 saturated carbocycles. The van der Waals surface area contributed by atoms with E-state index in [1.807, 2.05) is 0 Å². The van der Waals surface area contributed by atoms with Crippen LogP contribution >= 0.6 is 23.2 Å². The van der Waals surface area contributed by atoms with Crippen LogP contribution in [0.5, 0.6) is 0 Å². The molecule has 0 fully saturated rings. The summed E-state index contributed by atoms with van der Waals surface area (Å²) in [4.78, 5) is 35.9. The highest BCUT2D eigenvalue weighted by Gasteiger charge is 2.31. The first-order chi connectivity index (χ1) is 11.1. The highest BCUT2D eigenvalue weighted by Crippen LogP contribution is 2.38. The lowest BCUT2D eigenvalue weighted by atomic mass is 10.0. The molecule has 0 amide bonds. The SMILES string of the molecule is CCOC(=O)C(=CN(C)C)C(=O)c1cc(F)c(Cl)c([N+](=O)[O-])c1Cl. The number of hydrogen-bond donors (Lipinski definition) is 0. The average molecular weight is 379 g/mol. The first kappa shape index (κ1) is 19.9. The van der Waals surface area contributed by atoms with Crippen LogP contribution in [-0.2, 0) is 9.53 Å². The van der Waals surface area contributed by atoms with Gasteiger partial charge in [0, 0.05) is 20.3 Å². The minimum absolute atomic E-state index is 0.000257. The summed E-state index contributed by atoms with van der Waals surface area (Å²) in [5.41, 5.74) is -1.97. The van der Waals surface area contributed by atoms with Crippen molar-refractivity contribution >= 4 is 40.6 Å². The Morgan fingerprint density at radius 3 is 2.42 bits per heavy atom. The van der Waals surface area contributed by atoms with Crippen molar-refractivity contribution in [2.75, 3.05) is 20.7 Å². The topological polar surface area (TPSA) is 89.8 Å². The van der Waals surface area contributed by atoms with E-state index < -0.39 is 49.4 Å². The Morgan fingerprint density at radius 2 is 1.96 bits per heavy atom. The fraction of sp³-hybridized carbons (Fsp3) is 0.286. The van der Waals surface area contributed by atoms with E-state index in [0.29, 0.717) is 6.07 Å². The summed E-state index contributed by atoms with van der Waals surface area (Å²) < 4.78 is 18.6. The number of benzene rings is 1. The van der Waals surface area contributed by atoms with Gasteiger partial charge in [0.15, 0.2) is 5.02 Å². The standard InChI is InChI=1S/C14H13Cl2FN2O5/c1-4-24-14(21)8(6-18(2)3)13(20)7-5-9(17)11(16)12(10(7)15)19(22)23/h5-6H,4H2,1-3H3. The van der Waals surface area contributed by atoms with Crippen LogP contribution in [0.4, 0.5) is 10.1 Å². The Labute approximate surface area is 146 Å². The number of nitro benzene ring substituents is 1. The minimum Gasteiger partial charge on any atom is -0.462 e.